The molecule has 6 heteroatoms. The number of anilines is 1. The van der Waals surface area contributed by atoms with Crippen molar-refractivity contribution >= 4 is 17.6 Å². The molecular weight excluding hydrogens is 226 g/mol. The second-order valence-corrected chi connectivity index (χ2v) is 4.29. The first-order chi connectivity index (χ1) is 7.86. The second-order valence-electron chi connectivity index (χ2n) is 3.06. The minimum absolute atomic E-state index is 0.267. The minimum Gasteiger partial charge on any atom is -0.481 e. The van der Waals surface area contributed by atoms with Crippen molar-refractivity contribution in [2.24, 2.45) is 0 Å². The van der Waals surface area contributed by atoms with Gasteiger partial charge in [-0.25, -0.2) is 9.97 Å². The van der Waals surface area contributed by atoms with Gasteiger partial charge in [0.05, 0.1) is 7.11 Å². The SMILES string of the molecule is COc1cc(NCCSCCCO)ncn1. The molecule has 90 valence electrons. The van der Waals surface area contributed by atoms with E-state index in [1.807, 2.05) is 11.8 Å². The summed E-state index contributed by atoms with van der Waals surface area (Å²) in [5.41, 5.74) is 0. The maximum absolute atomic E-state index is 8.60. The summed E-state index contributed by atoms with van der Waals surface area (Å²) in [7, 11) is 1.58. The van der Waals surface area contributed by atoms with E-state index in [-0.39, 0.29) is 6.61 Å². The lowest BCUT2D eigenvalue weighted by atomic mass is 10.5. The van der Waals surface area contributed by atoms with Crippen LogP contribution in [0.15, 0.2) is 12.4 Å². The predicted octanol–water partition coefficient (Wildman–Crippen LogP) is 1.01. The molecule has 5 nitrogen and oxygen atoms in total. The zero-order valence-electron chi connectivity index (χ0n) is 9.35. The van der Waals surface area contributed by atoms with Gasteiger partial charge in [0, 0.05) is 25.0 Å². The molecule has 2 N–H and O–H groups in total. The number of thioether (sulfide) groups is 1. The van der Waals surface area contributed by atoms with Gasteiger partial charge >= 0.3 is 0 Å². The van der Waals surface area contributed by atoms with E-state index >= 15 is 0 Å². The first-order valence-corrected chi connectivity index (χ1v) is 6.31. The number of nitrogens with one attached hydrogen (secondary N) is 1. The summed E-state index contributed by atoms with van der Waals surface area (Å²) < 4.78 is 4.99. The smallest absolute Gasteiger partial charge is 0.218 e. The van der Waals surface area contributed by atoms with Crippen molar-refractivity contribution in [2.75, 3.05) is 37.1 Å². The van der Waals surface area contributed by atoms with Crippen LogP contribution in [0.25, 0.3) is 0 Å². The Morgan fingerprint density at radius 3 is 3.06 bits per heavy atom. The lowest BCUT2D eigenvalue weighted by Gasteiger charge is -2.05. The molecule has 0 saturated carbocycles. The number of hydrogen-bond acceptors (Lipinski definition) is 6. The Balaban J connectivity index is 2.16. The lowest BCUT2D eigenvalue weighted by molar-refractivity contribution is 0.296. The number of nitrogens with zero attached hydrogens (tertiary/aromatic N) is 2. The van der Waals surface area contributed by atoms with Gasteiger partial charge in [0.25, 0.3) is 0 Å². The zero-order valence-corrected chi connectivity index (χ0v) is 10.2. The van der Waals surface area contributed by atoms with Gasteiger partial charge in [-0.3, -0.25) is 0 Å². The molecule has 0 bridgehead atoms. The second kappa shape index (κ2) is 8.18. The Hall–Kier alpha value is -1.01. The molecule has 1 rings (SSSR count). The van der Waals surface area contributed by atoms with Crippen molar-refractivity contribution in [1.82, 2.24) is 9.97 Å². The fourth-order valence-corrected chi connectivity index (χ4v) is 1.85. The standard InChI is InChI=1S/C10H17N3O2S/c1-15-10-7-9(12-8-13-10)11-3-6-16-5-2-4-14/h7-8,14H,2-6H2,1H3,(H,11,12,13). The summed E-state index contributed by atoms with van der Waals surface area (Å²) >= 11 is 1.81. The molecule has 0 unspecified atom stereocenters. The molecule has 0 atom stereocenters. The van der Waals surface area contributed by atoms with Crippen molar-refractivity contribution in [2.45, 2.75) is 6.42 Å². The van der Waals surface area contributed by atoms with E-state index in [1.54, 1.807) is 13.2 Å². The summed E-state index contributed by atoms with van der Waals surface area (Å²) in [5.74, 6) is 3.32. The molecular formula is C10H17N3O2S. The Labute approximate surface area is 99.6 Å². The fourth-order valence-electron chi connectivity index (χ4n) is 1.07. The molecule has 16 heavy (non-hydrogen) atoms. The normalized spacial score (nSPS) is 10.1. The van der Waals surface area contributed by atoms with E-state index < -0.39 is 0 Å². The van der Waals surface area contributed by atoms with Gasteiger partial charge in [-0.1, -0.05) is 0 Å². The van der Waals surface area contributed by atoms with Crippen LogP contribution in [-0.2, 0) is 0 Å². The van der Waals surface area contributed by atoms with Crippen LogP contribution >= 0.6 is 11.8 Å². The average Bonchev–Trinajstić information content (AvgIpc) is 2.34. The maximum Gasteiger partial charge on any atom is 0.218 e. The average molecular weight is 243 g/mol. The predicted molar refractivity (Wildman–Crippen MR) is 66.1 cm³/mol. The minimum atomic E-state index is 0.267. The molecule has 1 aromatic heterocycles. The first-order valence-electron chi connectivity index (χ1n) is 5.15. The van der Waals surface area contributed by atoms with Crippen LogP contribution in [0.3, 0.4) is 0 Å². The van der Waals surface area contributed by atoms with Crippen molar-refractivity contribution in [3.63, 3.8) is 0 Å². The van der Waals surface area contributed by atoms with Crippen LogP contribution in [0, 0.1) is 0 Å². The van der Waals surface area contributed by atoms with Gasteiger partial charge in [0.2, 0.25) is 5.88 Å². The molecule has 0 radical (unpaired) electrons. The number of aliphatic hydroxyl groups excluding tert-OH is 1. The summed E-state index contributed by atoms with van der Waals surface area (Å²) in [4.78, 5) is 7.99. The van der Waals surface area contributed by atoms with E-state index in [1.165, 1.54) is 6.33 Å². The summed E-state index contributed by atoms with van der Waals surface area (Å²) in [6.45, 7) is 1.11. The highest BCUT2D eigenvalue weighted by molar-refractivity contribution is 7.99. The highest BCUT2D eigenvalue weighted by Crippen LogP contribution is 2.10. The van der Waals surface area contributed by atoms with Crippen molar-refractivity contribution in [3.8, 4) is 5.88 Å². The highest BCUT2D eigenvalue weighted by Gasteiger charge is 1.97. The van der Waals surface area contributed by atoms with E-state index in [9.17, 15) is 0 Å². The molecule has 0 aromatic carbocycles. The van der Waals surface area contributed by atoms with Crippen LogP contribution in [-0.4, -0.2) is 46.8 Å². The van der Waals surface area contributed by atoms with Crippen LogP contribution in [0.4, 0.5) is 5.82 Å². The van der Waals surface area contributed by atoms with Crippen molar-refractivity contribution in [1.29, 1.82) is 0 Å². The molecule has 1 heterocycles. The number of aliphatic hydroxyl groups is 1. The van der Waals surface area contributed by atoms with Gasteiger partial charge in [0.1, 0.15) is 12.1 Å². The third-order valence-electron chi connectivity index (χ3n) is 1.85. The molecule has 0 saturated heterocycles. The van der Waals surface area contributed by atoms with Crippen molar-refractivity contribution < 1.29 is 9.84 Å². The van der Waals surface area contributed by atoms with Crippen molar-refractivity contribution in [3.05, 3.63) is 12.4 Å². The highest BCUT2D eigenvalue weighted by atomic mass is 32.2. The van der Waals surface area contributed by atoms with E-state index in [0.717, 1.165) is 30.3 Å². The monoisotopic (exact) mass is 243 g/mol. The molecule has 0 aliphatic carbocycles. The number of aromatic nitrogens is 2. The number of methoxy groups -OCH3 is 1. The largest absolute Gasteiger partial charge is 0.481 e. The Kier molecular flexibility index (Phi) is 6.67. The molecule has 0 aliphatic rings. The summed E-state index contributed by atoms with van der Waals surface area (Å²) in [5, 5.41) is 11.8. The van der Waals surface area contributed by atoms with Crippen LogP contribution < -0.4 is 10.1 Å². The van der Waals surface area contributed by atoms with Gasteiger partial charge in [-0.2, -0.15) is 11.8 Å². The number of ether oxygens (including phenoxy) is 1. The maximum atomic E-state index is 8.60. The molecule has 0 spiro atoms. The van der Waals surface area contributed by atoms with Crippen LogP contribution in [0.2, 0.25) is 0 Å². The van der Waals surface area contributed by atoms with E-state index in [0.29, 0.717) is 5.88 Å². The topological polar surface area (TPSA) is 67.3 Å². The Morgan fingerprint density at radius 2 is 2.31 bits per heavy atom. The van der Waals surface area contributed by atoms with Crippen LogP contribution in [0.5, 0.6) is 5.88 Å². The first kappa shape index (κ1) is 13.1. The van der Waals surface area contributed by atoms with Gasteiger partial charge < -0.3 is 15.2 Å². The van der Waals surface area contributed by atoms with Gasteiger partial charge in [-0.05, 0) is 12.2 Å². The summed E-state index contributed by atoms with van der Waals surface area (Å²) in [6.07, 6.45) is 2.33. The third kappa shape index (κ3) is 5.18. The lowest BCUT2D eigenvalue weighted by Crippen LogP contribution is -2.06. The van der Waals surface area contributed by atoms with Crippen LogP contribution in [0.1, 0.15) is 6.42 Å². The summed E-state index contributed by atoms with van der Waals surface area (Å²) in [6, 6.07) is 1.76. The number of hydrogen-bond donors (Lipinski definition) is 2. The molecule has 0 aliphatic heterocycles. The fraction of sp³-hybridized carbons (Fsp3) is 0.600. The zero-order chi connectivity index (χ0) is 11.6. The van der Waals surface area contributed by atoms with E-state index in [4.69, 9.17) is 9.84 Å². The Morgan fingerprint density at radius 1 is 1.44 bits per heavy atom. The number of rotatable bonds is 8. The molecule has 1 aromatic rings. The third-order valence-corrected chi connectivity index (χ3v) is 2.92. The molecule has 0 amide bonds. The van der Waals surface area contributed by atoms with Gasteiger partial charge in [-0.15, -0.1) is 0 Å². The molecule has 0 fully saturated rings. The van der Waals surface area contributed by atoms with Gasteiger partial charge in [0.15, 0.2) is 0 Å². The quantitative estimate of drug-likeness (QED) is 0.664. The Bertz CT molecular complexity index is 299. The van der Waals surface area contributed by atoms with E-state index in [2.05, 4.69) is 15.3 Å².